The molecule has 0 bridgehead atoms. The number of carbonyl (C=O) groups is 1. The molecule has 2 heterocycles. The van der Waals surface area contributed by atoms with E-state index in [1.807, 2.05) is 6.92 Å². The van der Waals surface area contributed by atoms with Gasteiger partial charge >= 0.3 is 0 Å². The molecule has 11 heteroatoms. The van der Waals surface area contributed by atoms with Crippen LogP contribution in [0.5, 0.6) is 5.75 Å². The van der Waals surface area contributed by atoms with Crippen LogP contribution in [0.3, 0.4) is 0 Å². The van der Waals surface area contributed by atoms with Gasteiger partial charge in [-0.15, -0.1) is 0 Å². The number of sulfonamides is 1. The molecule has 1 aliphatic rings. The first-order valence-corrected chi connectivity index (χ1v) is 11.5. The Morgan fingerprint density at radius 3 is 2.75 bits per heavy atom. The number of halogens is 1. The van der Waals surface area contributed by atoms with Crippen molar-refractivity contribution in [1.29, 1.82) is 0 Å². The molecule has 1 atom stereocenters. The molecule has 1 aromatic heterocycles. The van der Waals surface area contributed by atoms with Crippen LogP contribution in [-0.2, 0) is 21.2 Å². The van der Waals surface area contributed by atoms with E-state index in [-0.39, 0.29) is 35.7 Å². The van der Waals surface area contributed by atoms with Gasteiger partial charge in [0, 0.05) is 25.5 Å². The SMILES string of the molecule is CC(=O)N1C[C@@H](C)Oc2ccc(S(=O)(=O)NCCc3nc(-c4ccc(F)cc4)n[nH]3)cc21. The molecule has 1 aliphatic heterocycles. The van der Waals surface area contributed by atoms with Crippen LogP contribution in [0.4, 0.5) is 10.1 Å². The molecule has 0 spiro atoms. The molecule has 9 nitrogen and oxygen atoms in total. The van der Waals surface area contributed by atoms with Crippen LogP contribution in [0.1, 0.15) is 19.7 Å². The van der Waals surface area contributed by atoms with Crippen LogP contribution in [-0.4, -0.2) is 48.7 Å². The van der Waals surface area contributed by atoms with Crippen LogP contribution >= 0.6 is 0 Å². The van der Waals surface area contributed by atoms with E-state index in [0.717, 1.165) is 0 Å². The molecule has 0 aliphatic carbocycles. The van der Waals surface area contributed by atoms with Gasteiger partial charge in [0.2, 0.25) is 15.9 Å². The predicted molar refractivity (Wildman–Crippen MR) is 115 cm³/mol. The number of anilines is 1. The fraction of sp³-hybridized carbons (Fsp3) is 0.286. The summed E-state index contributed by atoms with van der Waals surface area (Å²) in [5, 5.41) is 6.84. The van der Waals surface area contributed by atoms with E-state index in [1.54, 1.807) is 18.2 Å². The van der Waals surface area contributed by atoms with Gasteiger partial charge < -0.3 is 9.64 Å². The second-order valence-electron chi connectivity index (χ2n) is 7.45. The molecular weight excluding hydrogens is 437 g/mol. The summed E-state index contributed by atoms with van der Waals surface area (Å²) >= 11 is 0. The summed E-state index contributed by atoms with van der Waals surface area (Å²) in [6, 6.07) is 10.2. The molecule has 2 N–H and O–H groups in total. The van der Waals surface area contributed by atoms with E-state index >= 15 is 0 Å². The number of benzene rings is 2. The summed E-state index contributed by atoms with van der Waals surface area (Å²) < 4.78 is 46.8. The number of aromatic nitrogens is 3. The topological polar surface area (TPSA) is 117 Å². The van der Waals surface area contributed by atoms with Gasteiger partial charge in [-0.05, 0) is 49.4 Å². The van der Waals surface area contributed by atoms with Crippen molar-refractivity contribution in [1.82, 2.24) is 19.9 Å². The largest absolute Gasteiger partial charge is 0.487 e. The fourth-order valence-corrected chi connectivity index (χ4v) is 4.46. The normalized spacial score (nSPS) is 15.8. The monoisotopic (exact) mass is 459 g/mol. The molecular formula is C21H22FN5O4S. The number of ether oxygens (including phenoxy) is 1. The molecule has 0 radical (unpaired) electrons. The number of aromatic amines is 1. The van der Waals surface area contributed by atoms with Crippen molar-refractivity contribution >= 4 is 21.6 Å². The lowest BCUT2D eigenvalue weighted by Crippen LogP contribution is -2.41. The van der Waals surface area contributed by atoms with E-state index in [9.17, 15) is 17.6 Å². The molecule has 0 saturated carbocycles. The zero-order valence-corrected chi connectivity index (χ0v) is 18.3. The number of nitrogens with zero attached hydrogens (tertiary/aromatic N) is 3. The number of rotatable bonds is 6. The third kappa shape index (κ3) is 4.63. The first-order chi connectivity index (χ1) is 15.2. The molecule has 0 saturated heterocycles. The Kier molecular flexibility index (Phi) is 5.94. The summed E-state index contributed by atoms with van der Waals surface area (Å²) in [5.41, 5.74) is 1.08. The number of H-pyrrole nitrogens is 1. The van der Waals surface area contributed by atoms with Crippen LogP contribution in [0.25, 0.3) is 11.4 Å². The minimum atomic E-state index is -3.82. The van der Waals surface area contributed by atoms with Crippen molar-refractivity contribution in [3.8, 4) is 17.1 Å². The standard InChI is InChI=1S/C21H22FN5O4S/c1-13-12-27(14(2)28)18-11-17(7-8-19(18)31-13)32(29,30)23-10-9-20-24-21(26-25-20)15-3-5-16(22)6-4-15/h3-8,11,13,23H,9-10,12H2,1-2H3,(H,24,25,26)/t13-/m1/s1. The Labute approximate surface area is 184 Å². The Bertz CT molecular complexity index is 1240. The van der Waals surface area contributed by atoms with E-state index in [0.29, 0.717) is 35.2 Å². The smallest absolute Gasteiger partial charge is 0.240 e. The van der Waals surface area contributed by atoms with Crippen molar-refractivity contribution in [2.45, 2.75) is 31.3 Å². The summed E-state index contributed by atoms with van der Waals surface area (Å²) in [6.07, 6.45) is 0.0900. The van der Waals surface area contributed by atoms with Gasteiger partial charge in [-0.1, -0.05) is 0 Å². The Hall–Kier alpha value is -3.31. The van der Waals surface area contributed by atoms with Gasteiger partial charge in [0.15, 0.2) is 5.82 Å². The lowest BCUT2D eigenvalue weighted by atomic mass is 10.2. The fourth-order valence-electron chi connectivity index (χ4n) is 3.40. The molecule has 2 aromatic carbocycles. The number of hydrogen-bond donors (Lipinski definition) is 2. The molecule has 0 fully saturated rings. The highest BCUT2D eigenvalue weighted by atomic mass is 32.2. The number of fused-ring (bicyclic) bond motifs is 1. The summed E-state index contributed by atoms with van der Waals surface area (Å²) in [5.74, 6) is 0.811. The first-order valence-electron chi connectivity index (χ1n) is 9.98. The number of nitrogens with one attached hydrogen (secondary N) is 2. The molecule has 1 amide bonds. The molecule has 0 unspecified atom stereocenters. The Morgan fingerprint density at radius 1 is 1.28 bits per heavy atom. The van der Waals surface area contributed by atoms with E-state index in [2.05, 4.69) is 19.9 Å². The lowest BCUT2D eigenvalue weighted by molar-refractivity contribution is -0.117. The zero-order chi connectivity index (χ0) is 22.9. The van der Waals surface area contributed by atoms with Crippen molar-refractivity contribution in [3.63, 3.8) is 0 Å². The summed E-state index contributed by atoms with van der Waals surface area (Å²) in [7, 11) is -3.82. The average Bonchev–Trinajstić information content (AvgIpc) is 3.22. The van der Waals surface area contributed by atoms with E-state index in [1.165, 1.54) is 36.1 Å². The van der Waals surface area contributed by atoms with Crippen molar-refractivity contribution in [2.24, 2.45) is 0 Å². The molecule has 3 aromatic rings. The first kappa shape index (κ1) is 21.9. The van der Waals surface area contributed by atoms with Crippen molar-refractivity contribution in [2.75, 3.05) is 18.0 Å². The van der Waals surface area contributed by atoms with E-state index in [4.69, 9.17) is 4.74 Å². The zero-order valence-electron chi connectivity index (χ0n) is 17.5. The molecule has 168 valence electrons. The van der Waals surface area contributed by atoms with Crippen LogP contribution < -0.4 is 14.4 Å². The molecule has 32 heavy (non-hydrogen) atoms. The highest BCUT2D eigenvalue weighted by molar-refractivity contribution is 7.89. The third-order valence-electron chi connectivity index (χ3n) is 4.97. The van der Waals surface area contributed by atoms with E-state index < -0.39 is 10.0 Å². The summed E-state index contributed by atoms with van der Waals surface area (Å²) in [4.78, 5) is 17.8. The van der Waals surface area contributed by atoms with Gasteiger partial charge in [-0.3, -0.25) is 9.89 Å². The van der Waals surface area contributed by atoms with Crippen LogP contribution in [0.2, 0.25) is 0 Å². The number of amides is 1. The second kappa shape index (κ2) is 8.67. The minimum Gasteiger partial charge on any atom is -0.487 e. The predicted octanol–water partition coefficient (Wildman–Crippen LogP) is 2.27. The molecule has 4 rings (SSSR count). The lowest BCUT2D eigenvalue weighted by Gasteiger charge is -2.33. The third-order valence-corrected chi connectivity index (χ3v) is 6.43. The number of carbonyl (C=O) groups excluding carboxylic acids is 1. The van der Waals surface area contributed by atoms with Crippen LogP contribution in [0, 0.1) is 5.82 Å². The summed E-state index contributed by atoms with van der Waals surface area (Å²) in [6.45, 7) is 3.71. The van der Waals surface area contributed by atoms with Gasteiger partial charge in [0.05, 0.1) is 17.1 Å². The highest BCUT2D eigenvalue weighted by Crippen LogP contribution is 2.35. The maximum atomic E-state index is 13.1. The van der Waals surface area contributed by atoms with Crippen molar-refractivity contribution in [3.05, 3.63) is 54.1 Å². The van der Waals surface area contributed by atoms with Crippen LogP contribution in [0.15, 0.2) is 47.4 Å². The average molecular weight is 460 g/mol. The number of hydrogen-bond acceptors (Lipinski definition) is 6. The minimum absolute atomic E-state index is 0.0326. The Morgan fingerprint density at radius 2 is 2.03 bits per heavy atom. The maximum absolute atomic E-state index is 13.1. The Balaban J connectivity index is 1.44. The maximum Gasteiger partial charge on any atom is 0.240 e. The second-order valence-corrected chi connectivity index (χ2v) is 9.21. The van der Waals surface area contributed by atoms with Gasteiger partial charge in [0.1, 0.15) is 23.5 Å². The van der Waals surface area contributed by atoms with Crippen molar-refractivity contribution < 1.29 is 22.3 Å². The van der Waals surface area contributed by atoms with Gasteiger partial charge in [-0.25, -0.2) is 22.5 Å². The van der Waals surface area contributed by atoms with Gasteiger partial charge in [0.25, 0.3) is 0 Å². The van der Waals surface area contributed by atoms with Gasteiger partial charge in [-0.2, -0.15) is 5.10 Å². The highest BCUT2D eigenvalue weighted by Gasteiger charge is 2.27. The quantitative estimate of drug-likeness (QED) is 0.584.